The van der Waals surface area contributed by atoms with Crippen molar-refractivity contribution < 1.29 is 34.3 Å². The molecule has 2 heterocycles. The van der Waals surface area contributed by atoms with E-state index in [1.54, 1.807) is 6.92 Å². The number of ether oxygens (including phenoxy) is 4. The van der Waals surface area contributed by atoms with Gasteiger partial charge in [-0.25, -0.2) is 0 Å². The van der Waals surface area contributed by atoms with Crippen LogP contribution in [-0.2, 0) is 18.9 Å². The molecule has 18 heavy (non-hydrogen) atoms. The van der Waals surface area contributed by atoms with Crippen molar-refractivity contribution in [2.24, 2.45) is 0 Å². The number of hydrogen-bond acceptors (Lipinski definition) is 7. The average Bonchev–Trinajstić information content (AvgIpc) is 2.69. The van der Waals surface area contributed by atoms with Gasteiger partial charge in [0.25, 0.3) is 5.97 Å². The molecule has 0 aromatic rings. The van der Waals surface area contributed by atoms with E-state index in [1.165, 1.54) is 0 Å². The van der Waals surface area contributed by atoms with Crippen LogP contribution in [0, 0.1) is 0 Å². The largest absolute Gasteiger partial charge is 0.394 e. The van der Waals surface area contributed by atoms with Gasteiger partial charge < -0.3 is 29.5 Å². The normalized spacial score (nSPS) is 48.2. The molecular formula is C10H17BrO7. The van der Waals surface area contributed by atoms with Gasteiger partial charge in [-0.1, -0.05) is 15.9 Å². The standard InChI is InChI=1S/C10H17BrO7/c1-10(15-3-2-11)17-8-7(14)6(13)5(4-12)16-9(8)18-10/h5-9,12-14H,2-4H2,1H3. The maximum absolute atomic E-state index is 9.90. The van der Waals surface area contributed by atoms with Gasteiger partial charge in [-0.15, -0.1) is 0 Å². The fraction of sp³-hybridized carbons (Fsp3) is 1.00. The van der Waals surface area contributed by atoms with E-state index < -0.39 is 43.3 Å². The highest BCUT2D eigenvalue weighted by Crippen LogP contribution is 2.37. The molecule has 6 unspecified atom stereocenters. The summed E-state index contributed by atoms with van der Waals surface area (Å²) in [6, 6.07) is 0. The van der Waals surface area contributed by atoms with Crippen molar-refractivity contribution in [3.8, 4) is 0 Å². The molecule has 2 aliphatic heterocycles. The summed E-state index contributed by atoms with van der Waals surface area (Å²) in [5.41, 5.74) is 0. The van der Waals surface area contributed by atoms with Gasteiger partial charge in [-0.05, 0) is 0 Å². The number of halogens is 1. The maximum Gasteiger partial charge on any atom is 0.282 e. The Morgan fingerprint density at radius 3 is 2.61 bits per heavy atom. The van der Waals surface area contributed by atoms with Crippen LogP contribution in [0.4, 0.5) is 0 Å². The molecule has 8 heteroatoms. The Morgan fingerprint density at radius 2 is 2.00 bits per heavy atom. The van der Waals surface area contributed by atoms with Crippen LogP contribution in [-0.4, -0.2) is 70.5 Å². The Morgan fingerprint density at radius 1 is 1.28 bits per heavy atom. The van der Waals surface area contributed by atoms with Crippen molar-refractivity contribution in [1.29, 1.82) is 0 Å². The first kappa shape index (κ1) is 14.6. The molecule has 0 aromatic heterocycles. The summed E-state index contributed by atoms with van der Waals surface area (Å²) in [5.74, 6) is -1.33. The third-order valence-electron chi connectivity index (χ3n) is 2.95. The van der Waals surface area contributed by atoms with Crippen molar-refractivity contribution in [2.75, 3.05) is 18.5 Å². The Balaban J connectivity index is 2.04. The zero-order valence-corrected chi connectivity index (χ0v) is 11.4. The Kier molecular flexibility index (Phi) is 4.61. The van der Waals surface area contributed by atoms with Crippen LogP contribution < -0.4 is 0 Å². The van der Waals surface area contributed by atoms with Gasteiger partial charge in [0.2, 0.25) is 0 Å². The molecule has 0 radical (unpaired) electrons. The molecule has 2 saturated heterocycles. The molecule has 2 aliphatic rings. The van der Waals surface area contributed by atoms with Gasteiger partial charge in [0.05, 0.1) is 13.2 Å². The number of rotatable bonds is 4. The van der Waals surface area contributed by atoms with Crippen molar-refractivity contribution in [3.63, 3.8) is 0 Å². The smallest absolute Gasteiger partial charge is 0.282 e. The summed E-state index contributed by atoms with van der Waals surface area (Å²) in [7, 11) is 0. The molecule has 0 amide bonds. The lowest BCUT2D eigenvalue weighted by Gasteiger charge is -2.36. The maximum atomic E-state index is 9.90. The SMILES string of the molecule is CC1(OCCBr)OC2OC(CO)C(O)C(O)C2O1. The molecule has 0 spiro atoms. The highest BCUT2D eigenvalue weighted by Gasteiger charge is 2.55. The summed E-state index contributed by atoms with van der Waals surface area (Å²) in [6.45, 7) is 1.51. The summed E-state index contributed by atoms with van der Waals surface area (Å²) >= 11 is 3.21. The van der Waals surface area contributed by atoms with E-state index in [9.17, 15) is 10.2 Å². The minimum atomic E-state index is -1.33. The Labute approximate surface area is 113 Å². The number of hydrogen-bond donors (Lipinski definition) is 3. The topological polar surface area (TPSA) is 97.6 Å². The summed E-state index contributed by atoms with van der Waals surface area (Å²) < 4.78 is 21.6. The van der Waals surface area contributed by atoms with E-state index in [0.29, 0.717) is 11.9 Å². The highest BCUT2D eigenvalue weighted by atomic mass is 79.9. The van der Waals surface area contributed by atoms with Crippen molar-refractivity contribution >= 4 is 15.9 Å². The van der Waals surface area contributed by atoms with Crippen molar-refractivity contribution in [2.45, 2.75) is 43.6 Å². The van der Waals surface area contributed by atoms with Crippen LogP contribution in [0.3, 0.4) is 0 Å². The first-order chi connectivity index (χ1) is 8.50. The van der Waals surface area contributed by atoms with E-state index in [0.717, 1.165) is 0 Å². The number of fused-ring (bicyclic) bond motifs is 1. The quantitative estimate of drug-likeness (QED) is 0.565. The van der Waals surface area contributed by atoms with Gasteiger partial charge in [-0.2, -0.15) is 0 Å². The molecule has 6 atom stereocenters. The Bertz CT molecular complexity index is 291. The predicted molar refractivity (Wildman–Crippen MR) is 61.9 cm³/mol. The third-order valence-corrected chi connectivity index (χ3v) is 3.27. The summed E-state index contributed by atoms with van der Waals surface area (Å²) in [4.78, 5) is 0. The van der Waals surface area contributed by atoms with Crippen LogP contribution >= 0.6 is 15.9 Å². The fourth-order valence-corrected chi connectivity index (χ4v) is 2.22. The van der Waals surface area contributed by atoms with Gasteiger partial charge in [0.15, 0.2) is 6.29 Å². The van der Waals surface area contributed by atoms with E-state index in [4.69, 9.17) is 24.1 Å². The van der Waals surface area contributed by atoms with Gasteiger partial charge >= 0.3 is 0 Å². The second-order valence-corrected chi connectivity index (χ2v) is 5.10. The number of aliphatic hydroxyl groups excluding tert-OH is 3. The highest BCUT2D eigenvalue weighted by molar-refractivity contribution is 9.09. The monoisotopic (exact) mass is 328 g/mol. The van der Waals surface area contributed by atoms with E-state index in [2.05, 4.69) is 15.9 Å². The average molecular weight is 329 g/mol. The lowest BCUT2D eigenvalue weighted by atomic mass is 9.99. The second-order valence-electron chi connectivity index (χ2n) is 4.31. The third kappa shape index (κ3) is 2.70. The van der Waals surface area contributed by atoms with Crippen LogP contribution in [0.25, 0.3) is 0 Å². The molecule has 7 nitrogen and oxygen atoms in total. The van der Waals surface area contributed by atoms with Crippen LogP contribution in [0.5, 0.6) is 0 Å². The predicted octanol–water partition coefficient (Wildman–Crippen LogP) is -1.07. The van der Waals surface area contributed by atoms with E-state index in [1.807, 2.05) is 0 Å². The molecule has 2 fully saturated rings. The van der Waals surface area contributed by atoms with Gasteiger partial charge in [-0.3, -0.25) is 4.74 Å². The molecule has 0 bridgehead atoms. The van der Waals surface area contributed by atoms with Crippen LogP contribution in [0.2, 0.25) is 0 Å². The molecular weight excluding hydrogens is 312 g/mol. The van der Waals surface area contributed by atoms with Crippen LogP contribution in [0.1, 0.15) is 6.92 Å². The fourth-order valence-electron chi connectivity index (χ4n) is 2.05. The summed E-state index contributed by atoms with van der Waals surface area (Å²) in [5, 5.41) is 29.3. The lowest BCUT2D eigenvalue weighted by Crippen LogP contribution is -2.57. The number of aliphatic hydroxyl groups is 3. The second kappa shape index (κ2) is 5.68. The molecule has 3 N–H and O–H groups in total. The zero-order valence-electron chi connectivity index (χ0n) is 9.86. The number of alkyl halides is 1. The van der Waals surface area contributed by atoms with E-state index >= 15 is 0 Å². The molecule has 106 valence electrons. The van der Waals surface area contributed by atoms with Gasteiger partial charge in [0.1, 0.15) is 24.4 Å². The summed E-state index contributed by atoms with van der Waals surface area (Å²) in [6.07, 6.45) is -5.04. The first-order valence-electron chi connectivity index (χ1n) is 5.69. The van der Waals surface area contributed by atoms with Crippen molar-refractivity contribution in [1.82, 2.24) is 0 Å². The molecule has 0 saturated carbocycles. The Hall–Kier alpha value is 0.200. The van der Waals surface area contributed by atoms with Crippen LogP contribution in [0.15, 0.2) is 0 Å². The lowest BCUT2D eigenvalue weighted by molar-refractivity contribution is -0.342. The minimum absolute atomic E-state index is 0.359. The molecule has 0 aliphatic carbocycles. The van der Waals surface area contributed by atoms with E-state index in [-0.39, 0.29) is 0 Å². The zero-order chi connectivity index (χ0) is 13.3. The van der Waals surface area contributed by atoms with Crippen molar-refractivity contribution in [3.05, 3.63) is 0 Å². The first-order valence-corrected chi connectivity index (χ1v) is 6.81. The molecule has 0 aromatic carbocycles. The molecule has 2 rings (SSSR count). The van der Waals surface area contributed by atoms with Gasteiger partial charge in [0, 0.05) is 12.3 Å². The minimum Gasteiger partial charge on any atom is -0.394 e.